The first-order chi connectivity index (χ1) is 10.2. The summed E-state index contributed by atoms with van der Waals surface area (Å²) in [7, 11) is 0. The number of rotatable bonds is 2. The van der Waals surface area contributed by atoms with Gasteiger partial charge >= 0.3 is 0 Å². The summed E-state index contributed by atoms with van der Waals surface area (Å²) in [6.45, 7) is -0.165. The quantitative estimate of drug-likeness (QED) is 0.558. The van der Waals surface area contributed by atoms with Gasteiger partial charge in [0.25, 0.3) is 5.56 Å². The fourth-order valence-electron chi connectivity index (χ4n) is 2.71. The molecular formula is C12H13N5O4. The minimum atomic E-state index is -0.779. The van der Waals surface area contributed by atoms with Crippen LogP contribution in [0.25, 0.3) is 16.9 Å². The first-order valence-corrected chi connectivity index (χ1v) is 6.55. The van der Waals surface area contributed by atoms with Gasteiger partial charge in [0.1, 0.15) is 11.8 Å². The van der Waals surface area contributed by atoms with Crippen molar-refractivity contribution < 1.29 is 14.9 Å². The van der Waals surface area contributed by atoms with Gasteiger partial charge in [-0.15, -0.1) is 0 Å². The van der Waals surface area contributed by atoms with Gasteiger partial charge in [-0.3, -0.25) is 9.36 Å². The van der Waals surface area contributed by atoms with E-state index >= 15 is 0 Å². The molecule has 21 heavy (non-hydrogen) atoms. The number of ether oxygens (including phenoxy) is 1. The highest BCUT2D eigenvalue weighted by Gasteiger charge is 2.35. The van der Waals surface area contributed by atoms with Gasteiger partial charge in [0.2, 0.25) is 5.78 Å². The number of imidazole rings is 2. The van der Waals surface area contributed by atoms with Gasteiger partial charge in [-0.05, 0) is 0 Å². The monoisotopic (exact) mass is 291 g/mol. The topological polar surface area (TPSA) is 118 Å². The highest BCUT2D eigenvalue weighted by molar-refractivity contribution is 5.71. The van der Waals surface area contributed by atoms with Crippen LogP contribution in [0.1, 0.15) is 12.6 Å². The molecule has 4 heterocycles. The molecule has 110 valence electrons. The molecule has 1 saturated heterocycles. The second kappa shape index (κ2) is 4.38. The second-order valence-electron chi connectivity index (χ2n) is 5.03. The number of hydrogen-bond donors (Lipinski definition) is 3. The molecular weight excluding hydrogens is 278 g/mol. The third kappa shape index (κ3) is 1.71. The number of aromatic nitrogens is 5. The van der Waals surface area contributed by atoms with E-state index in [1.54, 1.807) is 10.8 Å². The van der Waals surface area contributed by atoms with Crippen LogP contribution in [0.3, 0.4) is 0 Å². The molecule has 0 bridgehead atoms. The van der Waals surface area contributed by atoms with E-state index in [1.165, 1.54) is 16.9 Å². The van der Waals surface area contributed by atoms with E-state index < -0.39 is 18.4 Å². The Morgan fingerprint density at radius 3 is 3.10 bits per heavy atom. The van der Waals surface area contributed by atoms with Gasteiger partial charge in [-0.25, -0.2) is 14.4 Å². The Hall–Kier alpha value is -2.23. The number of aliphatic hydroxyl groups is 2. The van der Waals surface area contributed by atoms with Gasteiger partial charge in [0.15, 0.2) is 11.7 Å². The maximum atomic E-state index is 12.3. The molecule has 0 aliphatic carbocycles. The average molecular weight is 291 g/mol. The SMILES string of the molecule is O=c1c2ncn([C@@H]3O[C@H](CO)C[C@H]3O)c2[nH]c2nccn12. The number of aromatic amines is 1. The van der Waals surface area contributed by atoms with E-state index in [1.807, 2.05) is 0 Å². The molecule has 3 atom stereocenters. The van der Waals surface area contributed by atoms with Crippen LogP contribution in [0.15, 0.2) is 23.5 Å². The van der Waals surface area contributed by atoms with Crippen molar-refractivity contribution in [3.8, 4) is 0 Å². The molecule has 9 nitrogen and oxygen atoms in total. The lowest BCUT2D eigenvalue weighted by Crippen LogP contribution is -2.20. The predicted molar refractivity (Wildman–Crippen MR) is 70.7 cm³/mol. The molecule has 0 saturated carbocycles. The molecule has 0 amide bonds. The van der Waals surface area contributed by atoms with Crippen LogP contribution < -0.4 is 5.56 Å². The van der Waals surface area contributed by atoms with Crippen LogP contribution in [0.5, 0.6) is 0 Å². The largest absolute Gasteiger partial charge is 0.394 e. The summed E-state index contributed by atoms with van der Waals surface area (Å²) < 4.78 is 8.51. The van der Waals surface area contributed by atoms with Crippen LogP contribution in [0, 0.1) is 0 Å². The van der Waals surface area contributed by atoms with Gasteiger partial charge < -0.3 is 19.9 Å². The Balaban J connectivity index is 1.90. The second-order valence-corrected chi connectivity index (χ2v) is 5.03. The Bertz CT molecular complexity index is 865. The zero-order valence-electron chi connectivity index (χ0n) is 10.9. The minimum Gasteiger partial charge on any atom is -0.394 e. The van der Waals surface area contributed by atoms with Crippen molar-refractivity contribution in [1.29, 1.82) is 0 Å². The van der Waals surface area contributed by atoms with Crippen LogP contribution in [-0.2, 0) is 4.74 Å². The Morgan fingerprint density at radius 2 is 2.33 bits per heavy atom. The van der Waals surface area contributed by atoms with E-state index in [0.717, 1.165) is 0 Å². The van der Waals surface area contributed by atoms with Crippen molar-refractivity contribution >= 4 is 16.9 Å². The van der Waals surface area contributed by atoms with E-state index in [2.05, 4.69) is 15.0 Å². The average Bonchev–Trinajstić information content (AvgIpc) is 3.16. The van der Waals surface area contributed by atoms with Crippen LogP contribution >= 0.6 is 0 Å². The summed E-state index contributed by atoms with van der Waals surface area (Å²) in [4.78, 5) is 23.4. The fourth-order valence-corrected chi connectivity index (χ4v) is 2.71. The molecule has 0 aromatic carbocycles. The lowest BCUT2D eigenvalue weighted by Gasteiger charge is -2.16. The van der Waals surface area contributed by atoms with E-state index in [4.69, 9.17) is 9.84 Å². The van der Waals surface area contributed by atoms with Crippen molar-refractivity contribution in [2.45, 2.75) is 24.9 Å². The van der Waals surface area contributed by atoms with E-state index in [9.17, 15) is 9.90 Å². The molecule has 3 N–H and O–H groups in total. The number of aliphatic hydroxyl groups excluding tert-OH is 2. The Kier molecular flexibility index (Phi) is 2.61. The zero-order valence-corrected chi connectivity index (χ0v) is 10.9. The predicted octanol–water partition coefficient (Wildman–Crippen LogP) is -0.987. The summed E-state index contributed by atoms with van der Waals surface area (Å²) in [6, 6.07) is 0. The standard InChI is InChI=1S/C12H13N5O4/c18-4-6-3-7(19)11(21-6)17-5-14-8-9(17)15-12-13-1-2-16(12)10(8)20/h1-2,5-7,11,18-19H,3-4H2,(H,13,15)/t6-,7+,11+/m0/s1. The number of nitrogens with one attached hydrogen (secondary N) is 1. The van der Waals surface area contributed by atoms with Crippen molar-refractivity contribution in [3.05, 3.63) is 29.1 Å². The Labute approximate surface area is 117 Å². The summed E-state index contributed by atoms with van der Waals surface area (Å²) in [6.07, 6.45) is 2.93. The fraction of sp³-hybridized carbons (Fsp3) is 0.417. The Morgan fingerprint density at radius 1 is 1.48 bits per heavy atom. The molecule has 1 aliphatic heterocycles. The summed E-state index contributed by atoms with van der Waals surface area (Å²) in [5.74, 6) is 0.389. The molecule has 3 aromatic rings. The first kappa shape index (κ1) is 12.5. The molecule has 4 rings (SSSR count). The lowest BCUT2D eigenvalue weighted by atomic mass is 10.2. The number of nitrogens with zero attached hydrogens (tertiary/aromatic N) is 4. The number of fused-ring (bicyclic) bond motifs is 2. The van der Waals surface area contributed by atoms with Gasteiger partial charge in [-0.1, -0.05) is 0 Å². The third-order valence-corrected chi connectivity index (χ3v) is 3.73. The minimum absolute atomic E-state index is 0.165. The normalized spacial score (nSPS) is 26.1. The van der Waals surface area contributed by atoms with Crippen LogP contribution in [0.2, 0.25) is 0 Å². The van der Waals surface area contributed by atoms with Crippen LogP contribution in [0.4, 0.5) is 0 Å². The highest BCUT2D eigenvalue weighted by atomic mass is 16.5. The van der Waals surface area contributed by atoms with Crippen molar-refractivity contribution in [2.24, 2.45) is 0 Å². The molecule has 0 spiro atoms. The maximum Gasteiger partial charge on any atom is 0.287 e. The molecule has 1 aliphatic rings. The summed E-state index contributed by atoms with van der Waals surface area (Å²) >= 11 is 0. The van der Waals surface area contributed by atoms with Crippen LogP contribution in [-0.4, -0.2) is 52.9 Å². The number of hydrogen-bond acceptors (Lipinski definition) is 6. The van der Waals surface area contributed by atoms with E-state index in [-0.39, 0.29) is 17.7 Å². The van der Waals surface area contributed by atoms with Crippen molar-refractivity contribution in [3.63, 3.8) is 0 Å². The van der Waals surface area contributed by atoms with Gasteiger partial charge in [0.05, 0.1) is 19.0 Å². The lowest BCUT2D eigenvalue weighted by molar-refractivity contribution is -0.0486. The zero-order chi connectivity index (χ0) is 14.6. The highest BCUT2D eigenvalue weighted by Crippen LogP contribution is 2.30. The molecule has 9 heteroatoms. The van der Waals surface area contributed by atoms with Gasteiger partial charge in [0, 0.05) is 18.8 Å². The van der Waals surface area contributed by atoms with E-state index in [0.29, 0.717) is 17.8 Å². The molecule has 0 radical (unpaired) electrons. The first-order valence-electron chi connectivity index (χ1n) is 6.55. The maximum absolute atomic E-state index is 12.3. The summed E-state index contributed by atoms with van der Waals surface area (Å²) in [5.41, 5.74) is 0.381. The molecule has 1 fully saturated rings. The van der Waals surface area contributed by atoms with Gasteiger partial charge in [-0.2, -0.15) is 0 Å². The van der Waals surface area contributed by atoms with Crippen molar-refractivity contribution in [2.75, 3.05) is 6.61 Å². The molecule has 3 aromatic heterocycles. The smallest absolute Gasteiger partial charge is 0.287 e. The molecule has 0 unspecified atom stereocenters. The van der Waals surface area contributed by atoms with Crippen molar-refractivity contribution in [1.82, 2.24) is 23.9 Å². The third-order valence-electron chi connectivity index (χ3n) is 3.73. The number of H-pyrrole nitrogens is 1. The summed E-state index contributed by atoms with van der Waals surface area (Å²) in [5, 5.41) is 19.2.